The molecule has 2 N–H and O–H groups in total. The fraction of sp³-hybridized carbons (Fsp3) is 0.417. The van der Waals surface area contributed by atoms with Gasteiger partial charge in [0.05, 0.1) is 0 Å². The third kappa shape index (κ3) is 3.03. The zero-order valence-corrected chi connectivity index (χ0v) is 9.79. The van der Waals surface area contributed by atoms with E-state index in [0.29, 0.717) is 6.42 Å². The third-order valence-electron chi connectivity index (χ3n) is 2.56. The minimum Gasteiger partial charge on any atom is -0.454 e. The lowest BCUT2D eigenvalue weighted by atomic mass is 10.2. The summed E-state index contributed by atoms with van der Waals surface area (Å²) in [6, 6.07) is 5.72. The summed E-state index contributed by atoms with van der Waals surface area (Å²) in [6.45, 7) is 1.04. The molecule has 1 heterocycles. The van der Waals surface area contributed by atoms with Crippen LogP contribution in [0.1, 0.15) is 12.8 Å². The van der Waals surface area contributed by atoms with Gasteiger partial charge in [0.2, 0.25) is 12.7 Å². The van der Waals surface area contributed by atoms with Crippen molar-refractivity contribution in [1.82, 2.24) is 5.32 Å². The second-order valence-corrected chi connectivity index (χ2v) is 3.77. The highest BCUT2D eigenvalue weighted by Crippen LogP contribution is 2.34. The van der Waals surface area contributed by atoms with Crippen LogP contribution in [0.2, 0.25) is 0 Å². The maximum absolute atomic E-state index is 11.0. The summed E-state index contributed by atoms with van der Waals surface area (Å²) in [5.41, 5.74) is 0.978. The van der Waals surface area contributed by atoms with Crippen molar-refractivity contribution < 1.29 is 14.3 Å². The second-order valence-electron chi connectivity index (χ2n) is 3.77. The Morgan fingerprint density at radius 3 is 3.00 bits per heavy atom. The number of hydrogen-bond acceptors (Lipinski definition) is 4. The van der Waals surface area contributed by atoms with E-state index in [2.05, 4.69) is 10.6 Å². The standard InChI is InChI=1S/C12H16N2O3/c1-13-12(15)3-2-6-14-9-4-5-10-11(7-9)17-8-16-10/h4-5,7,14H,2-3,6,8H2,1H3,(H,13,15). The van der Waals surface area contributed by atoms with Crippen LogP contribution in [0.4, 0.5) is 5.69 Å². The molecule has 5 nitrogen and oxygen atoms in total. The minimum atomic E-state index is 0.0671. The van der Waals surface area contributed by atoms with Gasteiger partial charge in [0.15, 0.2) is 11.5 Å². The molecule has 0 fully saturated rings. The van der Waals surface area contributed by atoms with Gasteiger partial charge in [0.1, 0.15) is 0 Å². The number of carbonyl (C=O) groups is 1. The van der Waals surface area contributed by atoms with Gasteiger partial charge < -0.3 is 20.1 Å². The van der Waals surface area contributed by atoms with Crippen LogP contribution in [-0.2, 0) is 4.79 Å². The molecule has 0 saturated heterocycles. The van der Waals surface area contributed by atoms with E-state index < -0.39 is 0 Å². The Labute approximate surface area is 100 Å². The van der Waals surface area contributed by atoms with Crippen LogP contribution in [-0.4, -0.2) is 26.3 Å². The van der Waals surface area contributed by atoms with E-state index in [-0.39, 0.29) is 12.7 Å². The molecule has 0 aliphatic carbocycles. The van der Waals surface area contributed by atoms with Gasteiger partial charge >= 0.3 is 0 Å². The predicted octanol–water partition coefficient (Wildman–Crippen LogP) is 1.35. The Hall–Kier alpha value is -1.91. The zero-order chi connectivity index (χ0) is 12.1. The fourth-order valence-electron chi connectivity index (χ4n) is 1.61. The molecule has 2 rings (SSSR count). The Morgan fingerprint density at radius 1 is 1.35 bits per heavy atom. The maximum atomic E-state index is 11.0. The first-order valence-corrected chi connectivity index (χ1v) is 5.63. The monoisotopic (exact) mass is 236 g/mol. The lowest BCUT2D eigenvalue weighted by molar-refractivity contribution is -0.120. The molecule has 5 heteroatoms. The molecule has 0 unspecified atom stereocenters. The number of fused-ring (bicyclic) bond motifs is 1. The summed E-state index contributed by atoms with van der Waals surface area (Å²) >= 11 is 0. The van der Waals surface area contributed by atoms with Gasteiger partial charge in [-0.25, -0.2) is 0 Å². The van der Waals surface area contributed by atoms with E-state index >= 15 is 0 Å². The highest BCUT2D eigenvalue weighted by Gasteiger charge is 2.12. The number of rotatable bonds is 5. The van der Waals surface area contributed by atoms with Crippen LogP contribution in [0.3, 0.4) is 0 Å². The van der Waals surface area contributed by atoms with Gasteiger partial charge in [0.25, 0.3) is 0 Å². The first-order chi connectivity index (χ1) is 8.29. The average Bonchev–Trinajstić information content (AvgIpc) is 2.81. The molecule has 1 aliphatic heterocycles. The Balaban J connectivity index is 1.78. The van der Waals surface area contributed by atoms with E-state index in [1.807, 2.05) is 18.2 Å². The summed E-state index contributed by atoms with van der Waals surface area (Å²) in [6.07, 6.45) is 1.34. The van der Waals surface area contributed by atoms with Crippen molar-refractivity contribution in [1.29, 1.82) is 0 Å². The van der Waals surface area contributed by atoms with Gasteiger partial charge in [-0.3, -0.25) is 4.79 Å². The molecule has 0 bridgehead atoms. The summed E-state index contributed by atoms with van der Waals surface area (Å²) in [5.74, 6) is 1.61. The first kappa shape index (κ1) is 11.6. The number of benzene rings is 1. The van der Waals surface area contributed by atoms with Gasteiger partial charge in [-0.15, -0.1) is 0 Å². The van der Waals surface area contributed by atoms with Gasteiger partial charge in [-0.2, -0.15) is 0 Å². The largest absolute Gasteiger partial charge is 0.454 e. The smallest absolute Gasteiger partial charge is 0.231 e. The lowest BCUT2D eigenvalue weighted by Crippen LogP contribution is -2.18. The van der Waals surface area contributed by atoms with Crippen molar-refractivity contribution in [3.8, 4) is 11.5 Å². The first-order valence-electron chi connectivity index (χ1n) is 5.63. The van der Waals surface area contributed by atoms with Crippen molar-refractivity contribution >= 4 is 11.6 Å². The molecular weight excluding hydrogens is 220 g/mol. The normalized spacial score (nSPS) is 12.3. The van der Waals surface area contributed by atoms with Crippen molar-refractivity contribution in [3.05, 3.63) is 18.2 Å². The number of amides is 1. The van der Waals surface area contributed by atoms with Crippen molar-refractivity contribution in [2.75, 3.05) is 25.7 Å². The van der Waals surface area contributed by atoms with Gasteiger partial charge in [0, 0.05) is 31.8 Å². The van der Waals surface area contributed by atoms with E-state index in [9.17, 15) is 4.79 Å². The third-order valence-corrected chi connectivity index (χ3v) is 2.56. The van der Waals surface area contributed by atoms with Crippen LogP contribution in [0.25, 0.3) is 0 Å². The number of carbonyl (C=O) groups excluding carboxylic acids is 1. The van der Waals surface area contributed by atoms with Gasteiger partial charge in [-0.1, -0.05) is 0 Å². The fourth-order valence-corrected chi connectivity index (χ4v) is 1.61. The highest BCUT2D eigenvalue weighted by atomic mass is 16.7. The molecule has 0 radical (unpaired) electrons. The van der Waals surface area contributed by atoms with E-state index in [0.717, 1.165) is 30.2 Å². The molecular formula is C12H16N2O3. The minimum absolute atomic E-state index is 0.0671. The van der Waals surface area contributed by atoms with Crippen LogP contribution in [0, 0.1) is 0 Å². The molecule has 1 aliphatic rings. The molecule has 1 aromatic carbocycles. The van der Waals surface area contributed by atoms with Gasteiger partial charge in [-0.05, 0) is 18.6 Å². The predicted molar refractivity (Wildman–Crippen MR) is 64.4 cm³/mol. The van der Waals surface area contributed by atoms with Crippen molar-refractivity contribution in [2.24, 2.45) is 0 Å². The lowest BCUT2D eigenvalue weighted by Gasteiger charge is -2.06. The summed E-state index contributed by atoms with van der Waals surface area (Å²) < 4.78 is 10.5. The number of anilines is 1. The van der Waals surface area contributed by atoms with Crippen molar-refractivity contribution in [3.63, 3.8) is 0 Å². The van der Waals surface area contributed by atoms with Crippen LogP contribution in [0.5, 0.6) is 11.5 Å². The summed E-state index contributed by atoms with van der Waals surface area (Å²) in [7, 11) is 1.65. The number of hydrogen-bond donors (Lipinski definition) is 2. The second kappa shape index (κ2) is 5.43. The Morgan fingerprint density at radius 2 is 2.18 bits per heavy atom. The molecule has 0 aromatic heterocycles. The number of nitrogens with one attached hydrogen (secondary N) is 2. The zero-order valence-electron chi connectivity index (χ0n) is 9.79. The SMILES string of the molecule is CNC(=O)CCCNc1ccc2c(c1)OCO2. The molecule has 92 valence electrons. The number of ether oxygens (including phenoxy) is 2. The molecule has 1 aromatic rings. The van der Waals surface area contributed by atoms with Crippen LogP contribution < -0.4 is 20.1 Å². The van der Waals surface area contributed by atoms with Crippen LogP contribution in [0.15, 0.2) is 18.2 Å². The Kier molecular flexibility index (Phi) is 3.69. The Bertz CT molecular complexity index is 407. The van der Waals surface area contributed by atoms with Crippen LogP contribution >= 0.6 is 0 Å². The van der Waals surface area contributed by atoms with E-state index in [1.165, 1.54) is 0 Å². The molecule has 1 amide bonds. The molecule has 0 saturated carbocycles. The molecule has 0 spiro atoms. The maximum Gasteiger partial charge on any atom is 0.231 e. The topological polar surface area (TPSA) is 59.6 Å². The summed E-state index contributed by atoms with van der Waals surface area (Å²) in [4.78, 5) is 11.0. The highest BCUT2D eigenvalue weighted by molar-refractivity contribution is 5.75. The average molecular weight is 236 g/mol. The quantitative estimate of drug-likeness (QED) is 0.758. The molecule has 0 atom stereocenters. The summed E-state index contributed by atoms with van der Waals surface area (Å²) in [5, 5.41) is 5.83. The molecule has 17 heavy (non-hydrogen) atoms. The van der Waals surface area contributed by atoms with E-state index in [4.69, 9.17) is 9.47 Å². The van der Waals surface area contributed by atoms with E-state index in [1.54, 1.807) is 7.05 Å². The van der Waals surface area contributed by atoms with Crippen molar-refractivity contribution in [2.45, 2.75) is 12.8 Å².